The van der Waals surface area contributed by atoms with Crippen molar-refractivity contribution in [2.45, 2.75) is 52.4 Å². The van der Waals surface area contributed by atoms with Crippen LogP contribution in [0.2, 0.25) is 0 Å². The van der Waals surface area contributed by atoms with Crippen LogP contribution < -0.4 is 9.62 Å². The third-order valence-corrected chi connectivity index (χ3v) is 6.18. The zero-order valence-corrected chi connectivity index (χ0v) is 25.5. The Kier molecular flexibility index (Phi) is 21.2. The van der Waals surface area contributed by atoms with E-state index >= 15 is 0 Å². The van der Waals surface area contributed by atoms with E-state index in [2.05, 4.69) is 38.0 Å². The third kappa shape index (κ3) is 13.6. The molecule has 0 unspecified atom stereocenters. The molecule has 8 heteroatoms. The molecule has 0 fully saturated rings. The Hall–Kier alpha value is -4.11. The molecule has 0 heterocycles. The minimum absolute atomic E-state index is 0.135. The second kappa shape index (κ2) is 23.5. The Morgan fingerprint density at radius 2 is 1.58 bits per heavy atom. The van der Waals surface area contributed by atoms with E-state index in [1.165, 1.54) is 0 Å². The van der Waals surface area contributed by atoms with Crippen molar-refractivity contribution in [2.24, 2.45) is 0 Å². The highest BCUT2D eigenvalue weighted by molar-refractivity contribution is 5.75. The number of carbonyl (C=O) groups excluding carboxylic acids is 2. The summed E-state index contributed by atoms with van der Waals surface area (Å²) < 4.78 is 20.5. The molecule has 3 aromatic carbocycles. The molecule has 0 saturated carbocycles. The summed E-state index contributed by atoms with van der Waals surface area (Å²) in [6.45, 7) is 13.4. The maximum atomic E-state index is 14.7. The standard InChI is InChI=1S/C29H33FO3.C4H6O2.CH4O.CH2O/c1-4-7-9-10-22-11-12-24(19-29(22)30)28-14-13-23(16-21(28)6-3)25-17-26(32-15-8-5-2)20-27(18-25)33-31;1-4(2-5)3-6;2*1-2/h5,11-14,16-20,31H,2,4,6-10,15H2,1,3H3;2,6H,1,3H2;2H,1H3;1H2. The summed E-state index contributed by atoms with van der Waals surface area (Å²) in [7, 11) is 1.00. The van der Waals surface area contributed by atoms with Gasteiger partial charge in [0.1, 0.15) is 24.6 Å². The lowest BCUT2D eigenvalue weighted by Gasteiger charge is -2.14. The number of benzene rings is 3. The first-order valence-electron chi connectivity index (χ1n) is 14.0. The normalized spacial score (nSPS) is 9.56. The van der Waals surface area contributed by atoms with Crippen LogP contribution in [-0.4, -0.2) is 48.9 Å². The Labute approximate surface area is 254 Å². The number of rotatable bonds is 14. The van der Waals surface area contributed by atoms with Gasteiger partial charge in [-0.2, -0.15) is 0 Å². The SMILES string of the molecule is C=C(C=O)CO.C=CCCOc1cc(OO)cc(-c2ccc(-c3ccc(CCCCC)c(F)c3)c(CC)c2)c1.C=O.CO. The second-order valence-corrected chi connectivity index (χ2v) is 9.13. The van der Waals surface area contributed by atoms with Crippen LogP contribution in [0.25, 0.3) is 22.3 Å². The van der Waals surface area contributed by atoms with Gasteiger partial charge in [0.15, 0.2) is 5.75 Å². The highest BCUT2D eigenvalue weighted by Gasteiger charge is 2.12. The Morgan fingerprint density at radius 3 is 2.12 bits per heavy atom. The van der Waals surface area contributed by atoms with Gasteiger partial charge in [-0.25, -0.2) is 9.65 Å². The minimum Gasteiger partial charge on any atom is -0.493 e. The topological polar surface area (TPSA) is 113 Å². The van der Waals surface area contributed by atoms with Gasteiger partial charge in [0.2, 0.25) is 0 Å². The van der Waals surface area contributed by atoms with Gasteiger partial charge in [0, 0.05) is 18.7 Å². The largest absolute Gasteiger partial charge is 0.493 e. The molecule has 0 aromatic heterocycles. The Morgan fingerprint density at radius 1 is 0.907 bits per heavy atom. The molecule has 234 valence electrons. The number of halogens is 1. The van der Waals surface area contributed by atoms with Gasteiger partial charge in [0.25, 0.3) is 0 Å². The molecular formula is C35H45FO7. The fraction of sp³-hybridized carbons (Fsp3) is 0.314. The Bertz CT molecular complexity index is 1260. The van der Waals surface area contributed by atoms with Gasteiger partial charge in [-0.3, -0.25) is 4.79 Å². The van der Waals surface area contributed by atoms with Crippen LogP contribution in [0.4, 0.5) is 4.39 Å². The van der Waals surface area contributed by atoms with E-state index in [-0.39, 0.29) is 18.0 Å². The van der Waals surface area contributed by atoms with E-state index in [4.69, 9.17) is 19.7 Å². The highest BCUT2D eigenvalue weighted by atomic mass is 19.1. The minimum atomic E-state index is -0.233. The molecule has 0 aliphatic carbocycles. The first-order valence-corrected chi connectivity index (χ1v) is 14.0. The summed E-state index contributed by atoms with van der Waals surface area (Å²) in [5.41, 5.74) is 5.87. The predicted molar refractivity (Wildman–Crippen MR) is 171 cm³/mol. The molecule has 3 rings (SSSR count). The van der Waals surface area contributed by atoms with E-state index in [9.17, 15) is 14.4 Å². The van der Waals surface area contributed by atoms with Crippen molar-refractivity contribution in [1.29, 1.82) is 0 Å². The first-order chi connectivity index (χ1) is 20.9. The zero-order chi connectivity index (χ0) is 32.6. The van der Waals surface area contributed by atoms with Crippen LogP contribution in [0.5, 0.6) is 11.5 Å². The maximum absolute atomic E-state index is 14.7. The van der Waals surface area contributed by atoms with Crippen LogP contribution in [0, 0.1) is 5.82 Å². The average molecular weight is 597 g/mol. The van der Waals surface area contributed by atoms with Crippen LogP contribution >= 0.6 is 0 Å². The number of aliphatic hydroxyl groups is 2. The molecule has 0 amide bonds. The van der Waals surface area contributed by atoms with E-state index in [1.807, 2.05) is 37.1 Å². The summed E-state index contributed by atoms with van der Waals surface area (Å²) in [5.74, 6) is 0.786. The smallest absolute Gasteiger partial charge is 0.169 e. The van der Waals surface area contributed by atoms with Crippen LogP contribution in [-0.2, 0) is 22.4 Å². The quantitative estimate of drug-likeness (QED) is 0.0443. The lowest BCUT2D eigenvalue weighted by Crippen LogP contribution is -1.97. The molecule has 0 bridgehead atoms. The molecule has 0 saturated heterocycles. The lowest BCUT2D eigenvalue weighted by atomic mass is 9.92. The van der Waals surface area contributed by atoms with E-state index in [1.54, 1.807) is 24.3 Å². The van der Waals surface area contributed by atoms with Crippen LogP contribution in [0.3, 0.4) is 0 Å². The molecule has 3 aromatic rings. The molecule has 3 N–H and O–H groups in total. The van der Waals surface area contributed by atoms with Crippen LogP contribution in [0.15, 0.2) is 79.4 Å². The summed E-state index contributed by atoms with van der Waals surface area (Å²) in [6, 6.07) is 17.1. The number of aryl methyl sites for hydroxylation is 2. The van der Waals surface area contributed by atoms with Gasteiger partial charge < -0.3 is 24.6 Å². The lowest BCUT2D eigenvalue weighted by molar-refractivity contribution is -0.137. The molecule has 43 heavy (non-hydrogen) atoms. The number of hydrogen-bond donors (Lipinski definition) is 3. The molecule has 0 radical (unpaired) electrons. The van der Waals surface area contributed by atoms with Gasteiger partial charge >= 0.3 is 0 Å². The summed E-state index contributed by atoms with van der Waals surface area (Å²) in [5, 5.41) is 24.2. The van der Waals surface area contributed by atoms with Crippen molar-refractivity contribution in [3.8, 4) is 33.8 Å². The number of aldehydes is 1. The zero-order valence-electron chi connectivity index (χ0n) is 25.5. The van der Waals surface area contributed by atoms with Crippen molar-refractivity contribution in [3.05, 3.63) is 96.3 Å². The molecule has 0 spiro atoms. The maximum Gasteiger partial charge on any atom is 0.169 e. The molecule has 0 aliphatic rings. The van der Waals surface area contributed by atoms with Crippen molar-refractivity contribution in [3.63, 3.8) is 0 Å². The van der Waals surface area contributed by atoms with E-state index < -0.39 is 0 Å². The van der Waals surface area contributed by atoms with Crippen molar-refractivity contribution in [1.82, 2.24) is 0 Å². The summed E-state index contributed by atoms with van der Waals surface area (Å²) >= 11 is 0. The number of carbonyl (C=O) groups is 2. The molecular weight excluding hydrogens is 551 g/mol. The molecule has 0 aliphatic heterocycles. The number of ether oxygens (including phenoxy) is 1. The third-order valence-electron chi connectivity index (χ3n) is 6.18. The fourth-order valence-electron chi connectivity index (χ4n) is 4.00. The second-order valence-electron chi connectivity index (χ2n) is 9.13. The van der Waals surface area contributed by atoms with Crippen molar-refractivity contribution >= 4 is 13.1 Å². The van der Waals surface area contributed by atoms with Gasteiger partial charge in [-0.1, -0.05) is 69.7 Å². The Balaban J connectivity index is 0.00000155. The molecule has 7 nitrogen and oxygen atoms in total. The predicted octanol–water partition coefficient (Wildman–Crippen LogP) is 7.42. The van der Waals surface area contributed by atoms with Crippen molar-refractivity contribution in [2.75, 3.05) is 20.3 Å². The highest BCUT2D eigenvalue weighted by Crippen LogP contribution is 2.34. The summed E-state index contributed by atoms with van der Waals surface area (Å²) in [6.07, 6.45) is 7.88. The summed E-state index contributed by atoms with van der Waals surface area (Å²) in [4.78, 5) is 22.0. The number of unbranched alkanes of at least 4 members (excludes halogenated alkanes) is 2. The van der Waals surface area contributed by atoms with E-state index in [0.717, 1.165) is 79.0 Å². The fourth-order valence-corrected chi connectivity index (χ4v) is 4.00. The number of hydrogen-bond acceptors (Lipinski definition) is 7. The van der Waals surface area contributed by atoms with Gasteiger partial charge in [0.05, 0.1) is 13.2 Å². The van der Waals surface area contributed by atoms with Gasteiger partial charge in [-0.05, 0) is 77.3 Å². The molecule has 0 atom stereocenters. The van der Waals surface area contributed by atoms with Crippen molar-refractivity contribution < 1.29 is 39.1 Å². The monoisotopic (exact) mass is 596 g/mol. The average Bonchev–Trinajstić information content (AvgIpc) is 3.07. The van der Waals surface area contributed by atoms with E-state index in [0.29, 0.717) is 24.4 Å². The number of aliphatic hydroxyl groups excluding tert-OH is 2. The van der Waals surface area contributed by atoms with Gasteiger partial charge in [-0.15, -0.1) is 6.58 Å². The first kappa shape index (κ1) is 38.9. The van der Waals surface area contributed by atoms with Crippen LogP contribution in [0.1, 0.15) is 50.7 Å².